The number of nitrogens with zero attached hydrogens (tertiary/aromatic N) is 1. The second-order valence-corrected chi connectivity index (χ2v) is 5.55. The van der Waals surface area contributed by atoms with Gasteiger partial charge in [0.2, 0.25) is 0 Å². The Hall–Kier alpha value is -1.21. The first-order chi connectivity index (χ1) is 7.83. The number of hydrogen-bond acceptors (Lipinski definition) is 3. The lowest BCUT2D eigenvalue weighted by Gasteiger charge is -2.25. The molecule has 4 nitrogen and oxygen atoms in total. The number of ether oxygens (including phenoxy) is 1. The van der Waals surface area contributed by atoms with Crippen LogP contribution in [0.25, 0.3) is 0 Å². The van der Waals surface area contributed by atoms with Crippen molar-refractivity contribution in [1.82, 2.24) is 4.90 Å². The molecule has 1 aliphatic heterocycles. The molecule has 0 bridgehead atoms. The molecular weight excluding hydrogens is 216 g/mol. The van der Waals surface area contributed by atoms with Gasteiger partial charge in [-0.15, -0.1) is 12.3 Å². The number of likely N-dealkylation sites (tertiary alicyclic amines) is 1. The lowest BCUT2D eigenvalue weighted by atomic mass is 9.97. The second-order valence-electron chi connectivity index (χ2n) is 5.55. The van der Waals surface area contributed by atoms with Crippen LogP contribution < -0.4 is 5.73 Å². The first-order valence-corrected chi connectivity index (χ1v) is 6.00. The van der Waals surface area contributed by atoms with Crippen molar-refractivity contribution in [2.24, 2.45) is 11.7 Å². The Balaban J connectivity index is 2.45. The minimum atomic E-state index is -0.448. The summed E-state index contributed by atoms with van der Waals surface area (Å²) in [6.07, 6.45) is 6.45. The van der Waals surface area contributed by atoms with Crippen molar-refractivity contribution >= 4 is 6.09 Å². The van der Waals surface area contributed by atoms with Crippen LogP contribution in [0.4, 0.5) is 4.79 Å². The highest BCUT2D eigenvalue weighted by molar-refractivity contribution is 5.68. The average Bonchev–Trinajstić information content (AvgIpc) is 2.63. The molecule has 0 aliphatic carbocycles. The van der Waals surface area contributed by atoms with Gasteiger partial charge in [0, 0.05) is 25.6 Å². The number of rotatable bonds is 2. The summed E-state index contributed by atoms with van der Waals surface area (Å²) in [5.41, 5.74) is 5.51. The van der Waals surface area contributed by atoms with Gasteiger partial charge in [0.25, 0.3) is 0 Å². The van der Waals surface area contributed by atoms with E-state index in [1.54, 1.807) is 4.90 Å². The summed E-state index contributed by atoms with van der Waals surface area (Å²) in [4.78, 5) is 13.5. The molecule has 1 amide bonds. The van der Waals surface area contributed by atoms with Crippen molar-refractivity contribution in [2.45, 2.75) is 45.3 Å². The Morgan fingerprint density at radius 2 is 2.29 bits per heavy atom. The smallest absolute Gasteiger partial charge is 0.410 e. The maximum Gasteiger partial charge on any atom is 0.410 e. The van der Waals surface area contributed by atoms with E-state index in [1.165, 1.54) is 0 Å². The van der Waals surface area contributed by atoms with E-state index in [0.29, 0.717) is 25.4 Å². The van der Waals surface area contributed by atoms with Gasteiger partial charge in [-0.05, 0) is 33.1 Å². The van der Waals surface area contributed by atoms with Crippen molar-refractivity contribution in [1.29, 1.82) is 0 Å². The highest BCUT2D eigenvalue weighted by Crippen LogP contribution is 2.22. The van der Waals surface area contributed by atoms with E-state index in [0.717, 1.165) is 6.42 Å². The van der Waals surface area contributed by atoms with Crippen molar-refractivity contribution in [3.8, 4) is 12.3 Å². The molecule has 1 fully saturated rings. The first-order valence-electron chi connectivity index (χ1n) is 6.00. The molecule has 1 saturated heterocycles. The lowest BCUT2D eigenvalue weighted by Crippen LogP contribution is -2.37. The minimum absolute atomic E-state index is 0.0209. The zero-order valence-electron chi connectivity index (χ0n) is 10.9. The third kappa shape index (κ3) is 4.27. The van der Waals surface area contributed by atoms with E-state index in [2.05, 4.69) is 5.92 Å². The predicted molar refractivity (Wildman–Crippen MR) is 67.3 cm³/mol. The van der Waals surface area contributed by atoms with Gasteiger partial charge in [0.05, 0.1) is 0 Å². The first kappa shape index (κ1) is 13.9. The molecule has 1 rings (SSSR count). The van der Waals surface area contributed by atoms with Crippen LogP contribution in [0.5, 0.6) is 0 Å². The average molecular weight is 238 g/mol. The van der Waals surface area contributed by atoms with Crippen molar-refractivity contribution in [3.63, 3.8) is 0 Å². The van der Waals surface area contributed by atoms with Gasteiger partial charge in [-0.1, -0.05) is 0 Å². The summed E-state index contributed by atoms with van der Waals surface area (Å²) in [5, 5.41) is 0. The normalized spacial score (nSPS) is 22.1. The van der Waals surface area contributed by atoms with Crippen LogP contribution >= 0.6 is 0 Å². The van der Waals surface area contributed by atoms with Crippen molar-refractivity contribution in [3.05, 3.63) is 0 Å². The van der Waals surface area contributed by atoms with Crippen molar-refractivity contribution in [2.75, 3.05) is 13.1 Å². The number of carbonyl (C=O) groups is 1. The Bertz CT molecular complexity index is 314. The highest BCUT2D eigenvalue weighted by Gasteiger charge is 2.32. The molecule has 4 heteroatoms. The molecule has 0 saturated carbocycles. The lowest BCUT2D eigenvalue weighted by molar-refractivity contribution is 0.0287. The molecule has 2 unspecified atom stereocenters. The summed E-state index contributed by atoms with van der Waals surface area (Å²) in [7, 11) is 0. The highest BCUT2D eigenvalue weighted by atomic mass is 16.6. The maximum absolute atomic E-state index is 11.8. The quantitative estimate of drug-likeness (QED) is 0.743. The number of nitrogens with two attached hydrogens (primary N) is 1. The van der Waals surface area contributed by atoms with Crippen LogP contribution in [0.1, 0.15) is 33.6 Å². The Morgan fingerprint density at radius 1 is 1.65 bits per heavy atom. The number of hydrogen-bond donors (Lipinski definition) is 1. The van der Waals surface area contributed by atoms with Crippen molar-refractivity contribution < 1.29 is 9.53 Å². The topological polar surface area (TPSA) is 55.6 Å². The van der Waals surface area contributed by atoms with Crippen LogP contribution in [-0.2, 0) is 4.74 Å². The molecule has 2 atom stereocenters. The molecule has 0 aromatic rings. The summed E-state index contributed by atoms with van der Waals surface area (Å²) in [5.74, 6) is 2.86. The zero-order chi connectivity index (χ0) is 13.1. The molecule has 0 radical (unpaired) electrons. The summed E-state index contributed by atoms with van der Waals surface area (Å²) < 4.78 is 5.32. The van der Waals surface area contributed by atoms with E-state index in [4.69, 9.17) is 16.9 Å². The van der Waals surface area contributed by atoms with Crippen LogP contribution in [0, 0.1) is 18.3 Å². The van der Waals surface area contributed by atoms with E-state index in [-0.39, 0.29) is 12.1 Å². The minimum Gasteiger partial charge on any atom is -0.444 e. The monoisotopic (exact) mass is 238 g/mol. The third-order valence-electron chi connectivity index (χ3n) is 2.84. The van der Waals surface area contributed by atoms with Gasteiger partial charge < -0.3 is 15.4 Å². The standard InChI is InChI=1S/C13H22N2O2/c1-5-6-11(14)10-7-8-15(9-10)12(16)17-13(2,3)4/h1,10-11H,6-9,14H2,2-4H3. The van der Waals surface area contributed by atoms with E-state index < -0.39 is 5.60 Å². The van der Waals surface area contributed by atoms with E-state index in [9.17, 15) is 4.79 Å². The zero-order valence-corrected chi connectivity index (χ0v) is 10.9. The molecule has 0 aromatic carbocycles. The molecule has 1 heterocycles. The Morgan fingerprint density at radius 3 is 2.82 bits per heavy atom. The van der Waals surface area contributed by atoms with Gasteiger partial charge in [0.15, 0.2) is 0 Å². The fourth-order valence-corrected chi connectivity index (χ4v) is 1.93. The Labute approximate surface area is 103 Å². The van der Waals surface area contributed by atoms with E-state index >= 15 is 0 Å². The van der Waals surface area contributed by atoms with Crippen LogP contribution in [0.3, 0.4) is 0 Å². The summed E-state index contributed by atoms with van der Waals surface area (Å²) in [6, 6.07) is -0.0209. The number of amides is 1. The molecule has 0 aromatic heterocycles. The fourth-order valence-electron chi connectivity index (χ4n) is 1.93. The second kappa shape index (κ2) is 5.42. The van der Waals surface area contributed by atoms with Gasteiger partial charge in [-0.2, -0.15) is 0 Å². The Kier molecular flexibility index (Phi) is 4.41. The number of terminal acetylenes is 1. The van der Waals surface area contributed by atoms with Gasteiger partial charge in [-0.3, -0.25) is 0 Å². The largest absolute Gasteiger partial charge is 0.444 e. The summed E-state index contributed by atoms with van der Waals surface area (Å²) >= 11 is 0. The number of carbonyl (C=O) groups excluding carboxylic acids is 1. The van der Waals surface area contributed by atoms with Crippen LogP contribution in [0.2, 0.25) is 0 Å². The van der Waals surface area contributed by atoms with Crippen LogP contribution in [-0.4, -0.2) is 35.7 Å². The predicted octanol–water partition coefficient (Wildman–Crippen LogP) is 1.59. The molecule has 1 aliphatic rings. The molecule has 2 N–H and O–H groups in total. The van der Waals surface area contributed by atoms with Gasteiger partial charge in [0.1, 0.15) is 5.60 Å². The third-order valence-corrected chi connectivity index (χ3v) is 2.84. The maximum atomic E-state index is 11.8. The van der Waals surface area contributed by atoms with Gasteiger partial charge >= 0.3 is 6.09 Å². The SMILES string of the molecule is C#CCC(N)C1CCN(C(=O)OC(C)(C)C)C1. The van der Waals surface area contributed by atoms with Crippen LogP contribution in [0.15, 0.2) is 0 Å². The molecule has 17 heavy (non-hydrogen) atoms. The molecule has 96 valence electrons. The summed E-state index contributed by atoms with van der Waals surface area (Å²) in [6.45, 7) is 6.95. The molecule has 0 spiro atoms. The molecular formula is C13H22N2O2. The fraction of sp³-hybridized carbons (Fsp3) is 0.769. The van der Waals surface area contributed by atoms with E-state index in [1.807, 2.05) is 20.8 Å². The van der Waals surface area contributed by atoms with Gasteiger partial charge in [-0.25, -0.2) is 4.79 Å².